The Morgan fingerprint density at radius 3 is 2.78 bits per heavy atom. The Morgan fingerprint density at radius 2 is 1.87 bits per heavy atom. The summed E-state index contributed by atoms with van der Waals surface area (Å²) in [6, 6.07) is 16.6. The Bertz CT molecular complexity index is 901. The van der Waals surface area contributed by atoms with E-state index in [0.29, 0.717) is 0 Å². The van der Waals surface area contributed by atoms with E-state index in [-0.39, 0.29) is 6.17 Å². The molecule has 4 heteroatoms. The Hall–Kier alpha value is -2.30. The number of fused-ring (bicyclic) bond motifs is 6. The minimum Gasteiger partial charge on any atom is -0.374 e. The first-order valence-electron chi connectivity index (χ1n) is 8.11. The van der Waals surface area contributed by atoms with Crippen LogP contribution in [0.2, 0.25) is 0 Å². The van der Waals surface area contributed by atoms with Crippen molar-refractivity contribution in [2.75, 3.05) is 18.5 Å². The highest BCUT2D eigenvalue weighted by Crippen LogP contribution is 2.46. The molecule has 4 nitrogen and oxygen atoms in total. The van der Waals surface area contributed by atoms with Gasteiger partial charge in [0.25, 0.3) is 0 Å². The molecule has 0 amide bonds. The number of aliphatic hydroxyl groups is 1. The number of para-hydroxylation sites is 2. The standard InChI is InChI=1S/C19H19N3O/c1-21-16-9-5-3-7-14(16)19(23)22-11-10-13-12-6-2-4-8-15(12)20-17(13)18(21)22/h2-9,18-20,23H,10-11H2,1H3. The van der Waals surface area contributed by atoms with Crippen LogP contribution < -0.4 is 4.90 Å². The highest BCUT2D eigenvalue weighted by atomic mass is 16.3. The van der Waals surface area contributed by atoms with Gasteiger partial charge < -0.3 is 15.0 Å². The molecule has 2 aliphatic heterocycles. The van der Waals surface area contributed by atoms with Crippen molar-refractivity contribution in [2.45, 2.75) is 18.8 Å². The fourth-order valence-corrected chi connectivity index (χ4v) is 4.25. The lowest BCUT2D eigenvalue weighted by Crippen LogP contribution is -2.49. The maximum absolute atomic E-state index is 10.9. The Kier molecular flexibility index (Phi) is 2.63. The molecule has 3 aromatic rings. The van der Waals surface area contributed by atoms with Crippen molar-refractivity contribution in [3.8, 4) is 0 Å². The summed E-state index contributed by atoms with van der Waals surface area (Å²) in [5.41, 5.74) is 5.88. The highest BCUT2D eigenvalue weighted by molar-refractivity contribution is 5.85. The number of benzene rings is 2. The van der Waals surface area contributed by atoms with Gasteiger partial charge >= 0.3 is 0 Å². The minimum atomic E-state index is -0.549. The van der Waals surface area contributed by atoms with Crippen LogP contribution in [-0.2, 0) is 6.42 Å². The molecule has 116 valence electrons. The number of H-pyrrole nitrogens is 1. The summed E-state index contributed by atoms with van der Waals surface area (Å²) >= 11 is 0. The van der Waals surface area contributed by atoms with Crippen LogP contribution >= 0.6 is 0 Å². The van der Waals surface area contributed by atoms with Gasteiger partial charge in [-0.3, -0.25) is 0 Å². The third-order valence-electron chi connectivity index (χ3n) is 5.31. The minimum absolute atomic E-state index is 0.0519. The van der Waals surface area contributed by atoms with Crippen molar-refractivity contribution in [1.29, 1.82) is 0 Å². The quantitative estimate of drug-likeness (QED) is 0.670. The van der Waals surface area contributed by atoms with Gasteiger partial charge in [0.1, 0.15) is 12.4 Å². The Balaban J connectivity index is 1.73. The Labute approximate surface area is 135 Å². The van der Waals surface area contributed by atoms with Crippen molar-refractivity contribution in [2.24, 2.45) is 0 Å². The van der Waals surface area contributed by atoms with Gasteiger partial charge in [-0.15, -0.1) is 0 Å². The number of aliphatic hydroxyl groups excluding tert-OH is 1. The van der Waals surface area contributed by atoms with Gasteiger partial charge in [0.05, 0.1) is 5.69 Å². The molecule has 2 aromatic carbocycles. The zero-order chi connectivity index (χ0) is 15.6. The lowest BCUT2D eigenvalue weighted by atomic mass is 9.95. The molecular weight excluding hydrogens is 286 g/mol. The molecule has 0 spiro atoms. The molecule has 2 atom stereocenters. The Morgan fingerprint density at radius 1 is 1.09 bits per heavy atom. The number of nitrogens with one attached hydrogen (secondary N) is 1. The van der Waals surface area contributed by atoms with E-state index in [0.717, 1.165) is 24.2 Å². The molecule has 0 aliphatic carbocycles. The van der Waals surface area contributed by atoms with Crippen LogP contribution in [0.15, 0.2) is 48.5 Å². The van der Waals surface area contributed by atoms with Gasteiger partial charge in [0, 0.05) is 35.7 Å². The van der Waals surface area contributed by atoms with Crippen molar-refractivity contribution in [3.63, 3.8) is 0 Å². The first kappa shape index (κ1) is 13.2. The average Bonchev–Trinajstić information content (AvgIpc) is 2.98. The molecule has 2 unspecified atom stereocenters. The zero-order valence-electron chi connectivity index (χ0n) is 13.0. The molecule has 0 bridgehead atoms. The maximum Gasteiger partial charge on any atom is 0.137 e. The highest BCUT2D eigenvalue weighted by Gasteiger charge is 2.41. The van der Waals surface area contributed by atoms with Gasteiger partial charge in [0.15, 0.2) is 0 Å². The molecule has 5 rings (SSSR count). The molecule has 23 heavy (non-hydrogen) atoms. The number of hydrogen-bond acceptors (Lipinski definition) is 3. The van der Waals surface area contributed by atoms with Crippen LogP contribution in [0.3, 0.4) is 0 Å². The van der Waals surface area contributed by atoms with Crippen LogP contribution in [0, 0.1) is 0 Å². The molecule has 2 aliphatic rings. The fraction of sp³-hybridized carbons (Fsp3) is 0.263. The van der Waals surface area contributed by atoms with Crippen LogP contribution in [-0.4, -0.2) is 28.6 Å². The summed E-state index contributed by atoms with van der Waals surface area (Å²) in [6.45, 7) is 0.860. The molecule has 2 N–H and O–H groups in total. The van der Waals surface area contributed by atoms with E-state index in [4.69, 9.17) is 0 Å². The lowest BCUT2D eigenvalue weighted by molar-refractivity contribution is -0.0414. The van der Waals surface area contributed by atoms with E-state index in [1.807, 2.05) is 18.2 Å². The summed E-state index contributed by atoms with van der Waals surface area (Å²) in [5.74, 6) is 0. The van der Waals surface area contributed by atoms with Gasteiger partial charge in [0.2, 0.25) is 0 Å². The molecule has 0 saturated carbocycles. The smallest absolute Gasteiger partial charge is 0.137 e. The first-order valence-corrected chi connectivity index (χ1v) is 8.11. The number of aromatic amines is 1. The monoisotopic (exact) mass is 305 g/mol. The number of hydrogen-bond donors (Lipinski definition) is 2. The van der Waals surface area contributed by atoms with Crippen LogP contribution in [0.4, 0.5) is 5.69 Å². The second-order valence-corrected chi connectivity index (χ2v) is 6.47. The van der Waals surface area contributed by atoms with Crippen LogP contribution in [0.25, 0.3) is 10.9 Å². The number of anilines is 1. The molecule has 1 aromatic heterocycles. The van der Waals surface area contributed by atoms with Gasteiger partial charge in [-0.2, -0.15) is 0 Å². The fourth-order valence-electron chi connectivity index (χ4n) is 4.25. The van der Waals surface area contributed by atoms with Gasteiger partial charge in [-0.1, -0.05) is 36.4 Å². The summed E-state index contributed by atoms with van der Waals surface area (Å²) in [7, 11) is 2.11. The summed E-state index contributed by atoms with van der Waals surface area (Å²) in [4.78, 5) is 8.06. The number of aromatic nitrogens is 1. The predicted octanol–water partition coefficient (Wildman–Crippen LogP) is 3.17. The summed E-state index contributed by atoms with van der Waals surface area (Å²) in [6.07, 6.45) is 0.464. The molecule has 0 radical (unpaired) electrons. The third-order valence-corrected chi connectivity index (χ3v) is 5.31. The van der Waals surface area contributed by atoms with Crippen LogP contribution in [0.1, 0.15) is 29.2 Å². The average molecular weight is 305 g/mol. The zero-order valence-corrected chi connectivity index (χ0v) is 13.0. The van der Waals surface area contributed by atoms with E-state index in [1.54, 1.807) is 0 Å². The van der Waals surface area contributed by atoms with E-state index in [9.17, 15) is 5.11 Å². The van der Waals surface area contributed by atoms with Crippen LogP contribution in [0.5, 0.6) is 0 Å². The molecule has 3 heterocycles. The first-order chi connectivity index (χ1) is 11.3. The van der Waals surface area contributed by atoms with Crippen molar-refractivity contribution in [3.05, 3.63) is 65.4 Å². The van der Waals surface area contributed by atoms with Gasteiger partial charge in [-0.25, -0.2) is 4.90 Å². The maximum atomic E-state index is 10.9. The second-order valence-electron chi connectivity index (χ2n) is 6.47. The van der Waals surface area contributed by atoms with E-state index in [1.165, 1.54) is 22.2 Å². The largest absolute Gasteiger partial charge is 0.374 e. The van der Waals surface area contributed by atoms with Crippen molar-refractivity contribution >= 4 is 16.6 Å². The molecule has 0 fully saturated rings. The normalized spacial score (nSPS) is 23.5. The summed E-state index contributed by atoms with van der Waals surface area (Å²) < 4.78 is 0. The number of nitrogens with zero attached hydrogens (tertiary/aromatic N) is 2. The molecule has 0 saturated heterocycles. The topological polar surface area (TPSA) is 42.5 Å². The molecular formula is C19H19N3O. The predicted molar refractivity (Wildman–Crippen MR) is 91.3 cm³/mol. The number of rotatable bonds is 0. The van der Waals surface area contributed by atoms with E-state index < -0.39 is 6.23 Å². The SMILES string of the molecule is CN1c2ccccc2C(O)N2CCc3c([nH]c4ccccc34)C12. The van der Waals surface area contributed by atoms with Crippen molar-refractivity contribution in [1.82, 2.24) is 9.88 Å². The second kappa shape index (κ2) is 4.60. The van der Waals surface area contributed by atoms with Gasteiger partial charge in [-0.05, 0) is 24.1 Å². The summed E-state index contributed by atoms with van der Waals surface area (Å²) in [5, 5.41) is 12.2. The van der Waals surface area contributed by atoms with Crippen molar-refractivity contribution < 1.29 is 5.11 Å². The third kappa shape index (κ3) is 1.68. The lowest BCUT2D eigenvalue weighted by Gasteiger charge is -2.48. The van der Waals surface area contributed by atoms with E-state index >= 15 is 0 Å². The van der Waals surface area contributed by atoms with E-state index in [2.05, 4.69) is 52.2 Å².